The monoisotopic (exact) mass is 448 g/mol. The quantitative estimate of drug-likeness (QED) is 0.331. The Bertz CT molecular complexity index is 1120. The fourth-order valence-electron chi connectivity index (χ4n) is 3.21. The Hall–Kier alpha value is -3.67. The number of nitrogens with zero attached hydrogens (tertiary/aromatic N) is 1. The lowest BCUT2D eigenvalue weighted by Crippen LogP contribution is -2.07. The van der Waals surface area contributed by atoms with Crippen molar-refractivity contribution in [2.75, 3.05) is 5.32 Å². The normalized spacial score (nSPS) is 11.4. The third kappa shape index (κ3) is 6.91. The molecule has 0 saturated carbocycles. The molecular weight excluding hydrogens is 419 g/mol. The van der Waals surface area contributed by atoms with Crippen LogP contribution in [0.2, 0.25) is 0 Å². The highest BCUT2D eigenvalue weighted by Crippen LogP contribution is 2.32. The molecule has 0 bridgehead atoms. The van der Waals surface area contributed by atoms with Gasteiger partial charge in [0, 0.05) is 41.6 Å². The van der Waals surface area contributed by atoms with Crippen LogP contribution in [-0.4, -0.2) is 16.9 Å². The molecule has 0 atom stereocenters. The number of rotatable bonds is 10. The number of ketones is 1. The SMILES string of the molecule is CC/C=C(/Nc1ccc(C(=O)CC)cn1)c1cc(Oc2cccc(F)c2)cc(OC(C)C)c1. The van der Waals surface area contributed by atoms with Gasteiger partial charge in [-0.1, -0.05) is 26.0 Å². The van der Waals surface area contributed by atoms with E-state index in [-0.39, 0.29) is 17.7 Å². The second kappa shape index (κ2) is 11.3. The molecule has 0 aliphatic heterocycles. The first-order valence-electron chi connectivity index (χ1n) is 11.1. The van der Waals surface area contributed by atoms with Gasteiger partial charge in [0.1, 0.15) is 28.9 Å². The van der Waals surface area contributed by atoms with Gasteiger partial charge in [-0.25, -0.2) is 9.37 Å². The highest BCUT2D eigenvalue weighted by atomic mass is 19.1. The number of hydrogen-bond donors (Lipinski definition) is 1. The van der Waals surface area contributed by atoms with Gasteiger partial charge in [0.2, 0.25) is 0 Å². The average molecular weight is 449 g/mol. The van der Waals surface area contributed by atoms with Crippen molar-refractivity contribution < 1.29 is 18.7 Å². The predicted octanol–water partition coefficient (Wildman–Crippen LogP) is 7.26. The summed E-state index contributed by atoms with van der Waals surface area (Å²) in [5.41, 5.74) is 2.23. The zero-order valence-corrected chi connectivity index (χ0v) is 19.4. The minimum atomic E-state index is -0.369. The third-order valence-electron chi connectivity index (χ3n) is 4.67. The fraction of sp³-hybridized carbons (Fsp3) is 0.259. The van der Waals surface area contributed by atoms with E-state index in [0.29, 0.717) is 35.1 Å². The zero-order valence-electron chi connectivity index (χ0n) is 19.4. The van der Waals surface area contributed by atoms with Crippen LogP contribution < -0.4 is 14.8 Å². The number of pyridine rings is 1. The molecule has 0 amide bonds. The van der Waals surface area contributed by atoms with Crippen molar-refractivity contribution in [3.63, 3.8) is 0 Å². The van der Waals surface area contributed by atoms with Crippen LogP contribution >= 0.6 is 0 Å². The van der Waals surface area contributed by atoms with E-state index in [4.69, 9.17) is 9.47 Å². The summed E-state index contributed by atoms with van der Waals surface area (Å²) in [7, 11) is 0. The lowest BCUT2D eigenvalue weighted by atomic mass is 10.1. The molecule has 1 aromatic heterocycles. The number of nitrogens with one attached hydrogen (secondary N) is 1. The van der Waals surface area contributed by atoms with Crippen LogP contribution in [0.3, 0.4) is 0 Å². The Balaban J connectivity index is 1.93. The van der Waals surface area contributed by atoms with Crippen LogP contribution in [0.15, 0.2) is 66.9 Å². The predicted molar refractivity (Wildman–Crippen MR) is 129 cm³/mol. The van der Waals surface area contributed by atoms with Crippen molar-refractivity contribution in [1.82, 2.24) is 4.98 Å². The van der Waals surface area contributed by atoms with Crippen molar-refractivity contribution in [3.8, 4) is 17.2 Å². The molecule has 2 aromatic carbocycles. The summed E-state index contributed by atoms with van der Waals surface area (Å²) in [6, 6.07) is 15.1. The van der Waals surface area contributed by atoms with Crippen molar-refractivity contribution >= 4 is 17.3 Å². The molecule has 1 N–H and O–H groups in total. The summed E-state index contributed by atoms with van der Waals surface area (Å²) in [5.74, 6) is 1.85. The molecule has 0 fully saturated rings. The van der Waals surface area contributed by atoms with Gasteiger partial charge in [0.15, 0.2) is 5.78 Å². The molecule has 0 saturated heterocycles. The number of benzene rings is 2. The first kappa shape index (κ1) is 24.0. The molecule has 1 heterocycles. The minimum Gasteiger partial charge on any atom is -0.491 e. The van der Waals surface area contributed by atoms with E-state index in [1.165, 1.54) is 12.1 Å². The number of halogens is 1. The molecule has 3 aromatic rings. The standard InChI is InChI=1S/C27H29FN2O3/c1-5-8-25(30-27-12-11-19(17-29-27)26(31)6-2)20-13-23(32-18(3)4)16-24(14-20)33-22-10-7-9-21(28)15-22/h7-18H,5-6H2,1-4H3,(H,29,30)/b25-8+. The zero-order chi connectivity index (χ0) is 23.8. The van der Waals surface area contributed by atoms with Gasteiger partial charge in [0.05, 0.1) is 6.10 Å². The molecule has 3 rings (SSSR count). The van der Waals surface area contributed by atoms with E-state index in [0.717, 1.165) is 17.7 Å². The maximum absolute atomic E-state index is 13.6. The second-order valence-electron chi connectivity index (χ2n) is 7.78. The smallest absolute Gasteiger partial charge is 0.164 e. The van der Waals surface area contributed by atoms with Gasteiger partial charge in [-0.05, 0) is 56.7 Å². The van der Waals surface area contributed by atoms with Gasteiger partial charge < -0.3 is 14.8 Å². The van der Waals surface area contributed by atoms with Gasteiger partial charge >= 0.3 is 0 Å². The minimum absolute atomic E-state index is 0.0286. The maximum atomic E-state index is 13.6. The highest BCUT2D eigenvalue weighted by molar-refractivity contribution is 5.95. The van der Waals surface area contributed by atoms with Crippen molar-refractivity contribution in [1.29, 1.82) is 0 Å². The van der Waals surface area contributed by atoms with Crippen molar-refractivity contribution in [2.45, 2.75) is 46.6 Å². The third-order valence-corrected chi connectivity index (χ3v) is 4.67. The van der Waals surface area contributed by atoms with E-state index in [1.807, 2.05) is 45.9 Å². The summed E-state index contributed by atoms with van der Waals surface area (Å²) in [6.07, 6.45) is 4.80. The number of anilines is 1. The Kier molecular flexibility index (Phi) is 8.19. The average Bonchev–Trinajstić information content (AvgIpc) is 2.78. The fourth-order valence-corrected chi connectivity index (χ4v) is 3.21. The second-order valence-corrected chi connectivity index (χ2v) is 7.78. The summed E-state index contributed by atoms with van der Waals surface area (Å²) in [5, 5.41) is 3.33. The molecule has 5 nitrogen and oxygen atoms in total. The summed E-state index contributed by atoms with van der Waals surface area (Å²) in [4.78, 5) is 16.3. The summed E-state index contributed by atoms with van der Waals surface area (Å²) in [6.45, 7) is 7.76. The number of aromatic nitrogens is 1. The Labute approximate surface area is 194 Å². The van der Waals surface area contributed by atoms with E-state index in [2.05, 4.69) is 10.3 Å². The number of Topliss-reactive ketones (excluding diaryl/α,β-unsaturated/α-hetero) is 1. The Morgan fingerprint density at radius 3 is 2.45 bits per heavy atom. The van der Waals surface area contributed by atoms with Crippen LogP contribution in [0, 0.1) is 5.82 Å². The van der Waals surface area contributed by atoms with Crippen LogP contribution in [0.1, 0.15) is 56.5 Å². The molecular formula is C27H29FN2O3. The summed E-state index contributed by atoms with van der Waals surface area (Å²) >= 11 is 0. The lowest BCUT2D eigenvalue weighted by molar-refractivity contribution is 0.0988. The number of carbonyl (C=O) groups excluding carboxylic acids is 1. The molecule has 6 heteroatoms. The van der Waals surface area contributed by atoms with E-state index < -0.39 is 0 Å². The van der Waals surface area contributed by atoms with Gasteiger partial charge in [-0.15, -0.1) is 0 Å². The summed E-state index contributed by atoms with van der Waals surface area (Å²) < 4.78 is 25.5. The van der Waals surface area contributed by atoms with Gasteiger partial charge in [0.25, 0.3) is 0 Å². The first-order valence-corrected chi connectivity index (χ1v) is 11.1. The number of carbonyl (C=O) groups is 1. The van der Waals surface area contributed by atoms with Crippen molar-refractivity contribution in [3.05, 3.63) is 83.8 Å². The number of allylic oxidation sites excluding steroid dienone is 1. The van der Waals surface area contributed by atoms with E-state index in [1.54, 1.807) is 36.5 Å². The van der Waals surface area contributed by atoms with E-state index in [9.17, 15) is 9.18 Å². The molecule has 0 spiro atoms. The highest BCUT2D eigenvalue weighted by Gasteiger charge is 2.11. The van der Waals surface area contributed by atoms with Gasteiger partial charge in [-0.2, -0.15) is 0 Å². The number of hydrogen-bond acceptors (Lipinski definition) is 5. The van der Waals surface area contributed by atoms with E-state index >= 15 is 0 Å². The Morgan fingerprint density at radius 1 is 1.03 bits per heavy atom. The molecule has 0 aliphatic carbocycles. The molecule has 0 radical (unpaired) electrons. The number of ether oxygens (including phenoxy) is 2. The van der Waals surface area contributed by atoms with Gasteiger partial charge in [-0.3, -0.25) is 4.79 Å². The van der Waals surface area contributed by atoms with Crippen LogP contribution in [0.5, 0.6) is 17.2 Å². The van der Waals surface area contributed by atoms with Crippen molar-refractivity contribution in [2.24, 2.45) is 0 Å². The molecule has 0 unspecified atom stereocenters. The molecule has 33 heavy (non-hydrogen) atoms. The lowest BCUT2D eigenvalue weighted by Gasteiger charge is -2.17. The first-order chi connectivity index (χ1) is 15.9. The van der Waals surface area contributed by atoms with Crippen LogP contribution in [0.4, 0.5) is 10.2 Å². The van der Waals surface area contributed by atoms with Crippen LogP contribution in [-0.2, 0) is 0 Å². The molecule has 172 valence electrons. The Morgan fingerprint density at radius 2 is 1.82 bits per heavy atom. The van der Waals surface area contributed by atoms with Crippen LogP contribution in [0.25, 0.3) is 5.70 Å². The molecule has 0 aliphatic rings. The maximum Gasteiger partial charge on any atom is 0.164 e. The largest absolute Gasteiger partial charge is 0.491 e. The topological polar surface area (TPSA) is 60.5 Å².